The molecule has 1 N–H and O–H groups in total. The topological polar surface area (TPSA) is 76.2 Å². The molecule has 1 aliphatic carbocycles. The average Bonchev–Trinajstić information content (AvgIpc) is 3.20. The number of anilines is 1. The fourth-order valence-electron chi connectivity index (χ4n) is 3.29. The van der Waals surface area contributed by atoms with E-state index in [4.69, 9.17) is 4.42 Å². The lowest BCUT2D eigenvalue weighted by Gasteiger charge is -2.31. The van der Waals surface area contributed by atoms with E-state index in [1.54, 1.807) is 6.26 Å². The monoisotopic (exact) mass is 389 g/mol. The fourth-order valence-corrected chi connectivity index (χ4v) is 4.05. The van der Waals surface area contributed by atoms with Crippen LogP contribution in [0, 0.1) is 11.8 Å². The van der Waals surface area contributed by atoms with Crippen molar-refractivity contribution in [1.82, 2.24) is 20.1 Å². The van der Waals surface area contributed by atoms with Gasteiger partial charge in [-0.25, -0.2) is 0 Å². The van der Waals surface area contributed by atoms with Gasteiger partial charge in [0.1, 0.15) is 5.76 Å². The summed E-state index contributed by atoms with van der Waals surface area (Å²) in [5.41, 5.74) is 0. The number of nitrogens with zero attached hydrogens (tertiary/aromatic N) is 4. The SMILES string of the molecule is CC1CCN(c2nnc(SCC(=O)NCC3CC3)n2Cc2ccco2)CC1. The second-order valence-corrected chi connectivity index (χ2v) is 8.60. The van der Waals surface area contributed by atoms with Gasteiger partial charge in [0, 0.05) is 19.6 Å². The summed E-state index contributed by atoms with van der Waals surface area (Å²) < 4.78 is 7.61. The average molecular weight is 390 g/mol. The fraction of sp³-hybridized carbons (Fsp3) is 0.632. The van der Waals surface area contributed by atoms with E-state index in [0.29, 0.717) is 18.2 Å². The summed E-state index contributed by atoms with van der Waals surface area (Å²) >= 11 is 1.44. The van der Waals surface area contributed by atoms with Crippen LogP contribution in [0.4, 0.5) is 5.95 Å². The first-order valence-corrected chi connectivity index (χ1v) is 10.8. The minimum atomic E-state index is 0.0628. The molecule has 0 atom stereocenters. The molecule has 2 fully saturated rings. The van der Waals surface area contributed by atoms with E-state index >= 15 is 0 Å². The minimum Gasteiger partial charge on any atom is -0.467 e. The number of carbonyl (C=O) groups is 1. The summed E-state index contributed by atoms with van der Waals surface area (Å²) in [6, 6.07) is 3.85. The Hall–Kier alpha value is -1.96. The molecule has 7 nitrogen and oxygen atoms in total. The van der Waals surface area contributed by atoms with Crippen LogP contribution in [0.25, 0.3) is 0 Å². The zero-order valence-corrected chi connectivity index (χ0v) is 16.6. The van der Waals surface area contributed by atoms with E-state index < -0.39 is 0 Å². The predicted octanol–water partition coefficient (Wildman–Crippen LogP) is 2.77. The Morgan fingerprint density at radius 1 is 1.30 bits per heavy atom. The van der Waals surface area contributed by atoms with E-state index in [2.05, 4.69) is 31.9 Å². The van der Waals surface area contributed by atoms with Gasteiger partial charge in [-0.3, -0.25) is 9.36 Å². The zero-order chi connectivity index (χ0) is 18.6. The second kappa shape index (κ2) is 8.37. The standard InChI is InChI=1S/C19H27N5O2S/c1-14-6-8-23(9-7-14)18-21-22-19(24(18)12-16-3-2-10-26-16)27-13-17(25)20-11-15-4-5-15/h2-3,10,14-15H,4-9,11-13H2,1H3,(H,20,25). The minimum absolute atomic E-state index is 0.0628. The summed E-state index contributed by atoms with van der Waals surface area (Å²) in [6.07, 6.45) is 6.49. The van der Waals surface area contributed by atoms with Crippen LogP contribution >= 0.6 is 11.8 Å². The van der Waals surface area contributed by atoms with Crippen LogP contribution in [-0.2, 0) is 11.3 Å². The molecule has 1 amide bonds. The molecule has 2 aromatic heterocycles. The lowest BCUT2D eigenvalue weighted by molar-refractivity contribution is -0.118. The number of thioether (sulfide) groups is 1. The van der Waals surface area contributed by atoms with Gasteiger partial charge in [0.2, 0.25) is 11.9 Å². The maximum Gasteiger partial charge on any atom is 0.230 e. The van der Waals surface area contributed by atoms with Crippen LogP contribution in [0.3, 0.4) is 0 Å². The number of aromatic nitrogens is 3. The Labute approximate surface area is 163 Å². The van der Waals surface area contributed by atoms with Gasteiger partial charge in [-0.05, 0) is 49.7 Å². The van der Waals surface area contributed by atoms with Crippen molar-refractivity contribution < 1.29 is 9.21 Å². The van der Waals surface area contributed by atoms with Crippen molar-refractivity contribution in [3.8, 4) is 0 Å². The van der Waals surface area contributed by atoms with Gasteiger partial charge in [0.05, 0.1) is 18.6 Å². The van der Waals surface area contributed by atoms with E-state index in [-0.39, 0.29) is 5.91 Å². The lowest BCUT2D eigenvalue weighted by atomic mass is 10.00. The van der Waals surface area contributed by atoms with Crippen molar-refractivity contribution in [2.24, 2.45) is 11.8 Å². The van der Waals surface area contributed by atoms with E-state index in [1.165, 1.54) is 37.4 Å². The Kier molecular flexibility index (Phi) is 5.71. The molecule has 4 rings (SSSR count). The normalized spacial score (nSPS) is 18.0. The summed E-state index contributed by atoms with van der Waals surface area (Å²) in [7, 11) is 0. The maximum absolute atomic E-state index is 12.1. The quantitative estimate of drug-likeness (QED) is 0.700. The summed E-state index contributed by atoms with van der Waals surface area (Å²) in [4.78, 5) is 14.4. The summed E-state index contributed by atoms with van der Waals surface area (Å²) in [5.74, 6) is 3.61. The third-order valence-corrected chi connectivity index (χ3v) is 6.24. The van der Waals surface area contributed by atoms with Gasteiger partial charge in [-0.1, -0.05) is 18.7 Å². The third kappa shape index (κ3) is 4.86. The highest BCUT2D eigenvalue weighted by Crippen LogP contribution is 2.28. The third-order valence-electron chi connectivity index (χ3n) is 5.28. The molecule has 1 saturated heterocycles. The van der Waals surface area contributed by atoms with Gasteiger partial charge in [0.25, 0.3) is 0 Å². The van der Waals surface area contributed by atoms with Crippen LogP contribution in [0.15, 0.2) is 28.0 Å². The molecular formula is C19H27N5O2S. The zero-order valence-electron chi connectivity index (χ0n) is 15.8. The van der Waals surface area contributed by atoms with Gasteiger partial charge in [-0.2, -0.15) is 0 Å². The van der Waals surface area contributed by atoms with E-state index in [0.717, 1.165) is 42.4 Å². The number of furan rings is 1. The number of amides is 1. The van der Waals surface area contributed by atoms with Crippen molar-refractivity contribution in [3.63, 3.8) is 0 Å². The number of rotatable bonds is 8. The lowest BCUT2D eigenvalue weighted by Crippen LogP contribution is -2.35. The largest absolute Gasteiger partial charge is 0.467 e. The number of nitrogens with one attached hydrogen (secondary N) is 1. The van der Waals surface area contributed by atoms with Crippen LogP contribution in [0.2, 0.25) is 0 Å². The molecule has 0 spiro atoms. The number of hydrogen-bond donors (Lipinski definition) is 1. The highest BCUT2D eigenvalue weighted by molar-refractivity contribution is 7.99. The molecule has 2 aliphatic rings. The second-order valence-electron chi connectivity index (χ2n) is 7.65. The van der Waals surface area contributed by atoms with Crippen molar-refractivity contribution in [3.05, 3.63) is 24.2 Å². The molecule has 1 aliphatic heterocycles. The molecule has 8 heteroatoms. The Morgan fingerprint density at radius 3 is 2.81 bits per heavy atom. The molecule has 0 aromatic carbocycles. The Balaban J connectivity index is 1.45. The van der Waals surface area contributed by atoms with Crippen molar-refractivity contribution in [1.29, 1.82) is 0 Å². The first-order valence-electron chi connectivity index (χ1n) is 9.79. The van der Waals surface area contributed by atoms with Crippen LogP contribution in [0.5, 0.6) is 0 Å². The van der Waals surface area contributed by atoms with Gasteiger partial charge < -0.3 is 14.6 Å². The van der Waals surface area contributed by atoms with Crippen molar-refractivity contribution in [2.45, 2.75) is 44.3 Å². The van der Waals surface area contributed by atoms with Gasteiger partial charge >= 0.3 is 0 Å². The van der Waals surface area contributed by atoms with E-state index in [1.807, 2.05) is 12.1 Å². The predicted molar refractivity (Wildman–Crippen MR) is 105 cm³/mol. The highest BCUT2D eigenvalue weighted by Gasteiger charge is 2.24. The molecule has 0 unspecified atom stereocenters. The maximum atomic E-state index is 12.1. The van der Waals surface area contributed by atoms with Gasteiger partial charge in [0.15, 0.2) is 5.16 Å². The van der Waals surface area contributed by atoms with Crippen molar-refractivity contribution >= 4 is 23.6 Å². The van der Waals surface area contributed by atoms with Crippen LogP contribution < -0.4 is 10.2 Å². The molecule has 0 radical (unpaired) electrons. The molecule has 1 saturated carbocycles. The van der Waals surface area contributed by atoms with Gasteiger partial charge in [-0.15, -0.1) is 10.2 Å². The number of hydrogen-bond acceptors (Lipinski definition) is 6. The highest BCUT2D eigenvalue weighted by atomic mass is 32.2. The molecule has 146 valence electrons. The molecule has 27 heavy (non-hydrogen) atoms. The molecule has 3 heterocycles. The molecular weight excluding hydrogens is 362 g/mol. The first-order chi connectivity index (χ1) is 13.2. The Bertz CT molecular complexity index is 748. The number of carbonyl (C=O) groups excluding carboxylic acids is 1. The van der Waals surface area contributed by atoms with Crippen LogP contribution in [-0.4, -0.2) is 46.1 Å². The Morgan fingerprint density at radius 2 is 2.11 bits per heavy atom. The summed E-state index contributed by atoms with van der Waals surface area (Å²) in [6.45, 7) is 5.66. The van der Waals surface area contributed by atoms with Crippen molar-refractivity contribution in [2.75, 3.05) is 30.3 Å². The first kappa shape index (κ1) is 18.4. The molecule has 0 bridgehead atoms. The number of piperidine rings is 1. The van der Waals surface area contributed by atoms with Crippen LogP contribution in [0.1, 0.15) is 38.4 Å². The van der Waals surface area contributed by atoms with E-state index in [9.17, 15) is 4.79 Å². The smallest absolute Gasteiger partial charge is 0.230 e. The molecule has 2 aromatic rings. The summed E-state index contributed by atoms with van der Waals surface area (Å²) in [5, 5.41) is 12.6.